The number of hydrogen-bond donors (Lipinski definition) is 0. The van der Waals surface area contributed by atoms with E-state index in [1.54, 1.807) is 6.08 Å². The second-order valence-electron chi connectivity index (χ2n) is 8.81. The first-order valence-corrected chi connectivity index (χ1v) is 11.3. The van der Waals surface area contributed by atoms with Crippen molar-refractivity contribution >= 4 is 17.1 Å². The quantitative estimate of drug-likeness (QED) is 0.518. The Morgan fingerprint density at radius 1 is 1.28 bits per heavy atom. The maximum absolute atomic E-state index is 13.2. The van der Waals surface area contributed by atoms with Crippen LogP contribution in [0.4, 0.5) is 0 Å². The van der Waals surface area contributed by atoms with Crippen LogP contribution >= 0.6 is 0 Å². The van der Waals surface area contributed by atoms with E-state index in [-0.39, 0.29) is 11.9 Å². The molecule has 1 saturated heterocycles. The fourth-order valence-corrected chi connectivity index (χ4v) is 4.50. The monoisotopic (exact) mass is 427 g/mol. The molecule has 0 aromatic carbocycles. The van der Waals surface area contributed by atoms with Crippen LogP contribution in [0.15, 0.2) is 66.3 Å². The van der Waals surface area contributed by atoms with Gasteiger partial charge in [-0.15, -0.1) is 5.73 Å². The molecule has 0 aliphatic carbocycles. The minimum atomic E-state index is 0.0137. The van der Waals surface area contributed by atoms with Crippen LogP contribution in [0.5, 0.6) is 0 Å². The van der Waals surface area contributed by atoms with Gasteiger partial charge in [-0.1, -0.05) is 12.2 Å². The minimum Gasteiger partial charge on any atom is -0.309 e. The minimum absolute atomic E-state index is 0.0137. The molecular weight excluding hydrogens is 396 g/mol. The average molecular weight is 428 g/mol. The molecule has 4 heterocycles. The number of nitrogens with zero attached hydrogens (tertiary/aromatic N) is 4. The number of amides is 1. The van der Waals surface area contributed by atoms with Crippen LogP contribution < -0.4 is 0 Å². The molecule has 0 N–H and O–H groups in total. The molecule has 0 spiro atoms. The lowest BCUT2D eigenvalue weighted by Crippen LogP contribution is -2.37. The second-order valence-corrected chi connectivity index (χ2v) is 8.81. The molecule has 4 rings (SSSR count). The molecule has 1 atom stereocenters. The predicted molar refractivity (Wildman–Crippen MR) is 129 cm³/mol. The zero-order chi connectivity index (χ0) is 22.7. The fourth-order valence-electron chi connectivity index (χ4n) is 4.50. The molecule has 5 heteroatoms. The van der Waals surface area contributed by atoms with Gasteiger partial charge in [0.15, 0.2) is 0 Å². The van der Waals surface area contributed by atoms with Crippen molar-refractivity contribution < 1.29 is 4.79 Å². The van der Waals surface area contributed by atoms with E-state index in [0.717, 1.165) is 55.0 Å². The van der Waals surface area contributed by atoms with Crippen molar-refractivity contribution in [1.29, 1.82) is 0 Å². The molecule has 2 aliphatic heterocycles. The molecule has 0 saturated carbocycles. The molecule has 32 heavy (non-hydrogen) atoms. The molecule has 1 amide bonds. The van der Waals surface area contributed by atoms with Gasteiger partial charge >= 0.3 is 0 Å². The van der Waals surface area contributed by atoms with E-state index in [0.29, 0.717) is 5.92 Å². The Morgan fingerprint density at radius 3 is 2.81 bits per heavy atom. The lowest BCUT2D eigenvalue weighted by Gasteiger charge is -2.34. The summed E-state index contributed by atoms with van der Waals surface area (Å²) in [5, 5.41) is 0. The highest BCUT2D eigenvalue weighted by atomic mass is 16.2. The number of carbonyl (C=O) groups is 1. The standard InChI is InChI=1S/C27H31N4O/c1-5-6-13-29-14-11-23(12-15-29)25-8-7-22(4)31(19-25)27(32)16-20(2)24-9-10-26-28-21(3)17-30(26)18-24/h1,6-10,16-19,22-23H,11-15H2,2-4H3/b20-16+. The highest BCUT2D eigenvalue weighted by Crippen LogP contribution is 2.29. The molecule has 1 fully saturated rings. The number of likely N-dealkylation sites (tertiary alicyclic amines) is 1. The second kappa shape index (κ2) is 9.56. The summed E-state index contributed by atoms with van der Waals surface area (Å²) in [6.45, 7) is 14.3. The van der Waals surface area contributed by atoms with Crippen molar-refractivity contribution in [3.63, 3.8) is 0 Å². The van der Waals surface area contributed by atoms with E-state index < -0.39 is 0 Å². The largest absolute Gasteiger partial charge is 0.309 e. The van der Waals surface area contributed by atoms with E-state index in [4.69, 9.17) is 6.58 Å². The number of rotatable bonds is 5. The van der Waals surface area contributed by atoms with Crippen LogP contribution in [0, 0.1) is 19.4 Å². The van der Waals surface area contributed by atoms with Gasteiger partial charge in [0.25, 0.3) is 5.91 Å². The SMILES string of the molecule is [CH]=C=CCN1CCC(C2=CN(C(=O)/C=C(\C)c3ccc4nc(C)cn4c3)C(C)C=C2)CC1. The van der Waals surface area contributed by atoms with Crippen LogP contribution in [0.1, 0.15) is 37.9 Å². The van der Waals surface area contributed by atoms with Gasteiger partial charge in [0.1, 0.15) is 5.65 Å². The van der Waals surface area contributed by atoms with Crippen molar-refractivity contribution in [2.45, 2.75) is 39.7 Å². The van der Waals surface area contributed by atoms with Crippen molar-refractivity contribution in [3.8, 4) is 0 Å². The Balaban J connectivity index is 1.47. The van der Waals surface area contributed by atoms with Gasteiger partial charge in [-0.3, -0.25) is 9.69 Å². The first kappa shape index (κ1) is 22.1. The third-order valence-electron chi connectivity index (χ3n) is 6.44. The normalized spacial score (nSPS) is 20.3. The number of piperidine rings is 1. The molecule has 5 nitrogen and oxygen atoms in total. The van der Waals surface area contributed by atoms with Crippen LogP contribution in [-0.2, 0) is 4.79 Å². The number of fused-ring (bicyclic) bond motifs is 1. The summed E-state index contributed by atoms with van der Waals surface area (Å²) < 4.78 is 2.00. The summed E-state index contributed by atoms with van der Waals surface area (Å²) in [7, 11) is 0. The van der Waals surface area contributed by atoms with E-state index in [9.17, 15) is 4.79 Å². The van der Waals surface area contributed by atoms with Gasteiger partial charge < -0.3 is 9.30 Å². The van der Waals surface area contributed by atoms with Gasteiger partial charge in [0.2, 0.25) is 0 Å². The van der Waals surface area contributed by atoms with Gasteiger partial charge in [-0.2, -0.15) is 0 Å². The molecule has 0 bridgehead atoms. The molecular formula is C27H31N4O. The van der Waals surface area contributed by atoms with Gasteiger partial charge in [0, 0.05) is 31.2 Å². The van der Waals surface area contributed by atoms with Crippen molar-refractivity contribution in [3.05, 3.63) is 84.2 Å². The lowest BCUT2D eigenvalue weighted by atomic mass is 9.87. The summed E-state index contributed by atoms with van der Waals surface area (Å²) in [5.74, 6) is 0.493. The maximum atomic E-state index is 13.2. The summed E-state index contributed by atoms with van der Waals surface area (Å²) in [5.41, 5.74) is 7.71. The number of aromatic nitrogens is 2. The predicted octanol–water partition coefficient (Wildman–Crippen LogP) is 4.57. The molecule has 165 valence electrons. The van der Waals surface area contributed by atoms with E-state index in [1.165, 1.54) is 5.57 Å². The zero-order valence-corrected chi connectivity index (χ0v) is 19.2. The van der Waals surface area contributed by atoms with E-state index in [2.05, 4.69) is 40.9 Å². The Labute approximate surface area is 190 Å². The molecule has 1 unspecified atom stereocenters. The molecule has 2 aromatic heterocycles. The van der Waals surface area contributed by atoms with Crippen molar-refractivity contribution in [2.24, 2.45) is 5.92 Å². The number of pyridine rings is 1. The molecule has 1 radical (unpaired) electrons. The van der Waals surface area contributed by atoms with E-state index in [1.807, 2.05) is 53.8 Å². The summed E-state index contributed by atoms with van der Waals surface area (Å²) in [6.07, 6.45) is 16.2. The third-order valence-corrected chi connectivity index (χ3v) is 6.44. The maximum Gasteiger partial charge on any atom is 0.251 e. The number of allylic oxidation sites excluding steroid dienone is 3. The Kier molecular flexibility index (Phi) is 6.59. The summed E-state index contributed by atoms with van der Waals surface area (Å²) in [4.78, 5) is 21.9. The third kappa shape index (κ3) is 4.85. The molecule has 2 aromatic rings. The van der Waals surface area contributed by atoms with Gasteiger partial charge in [0.05, 0.1) is 11.7 Å². The Bertz CT molecular complexity index is 1140. The fraction of sp³-hybridized carbons (Fsp3) is 0.370. The summed E-state index contributed by atoms with van der Waals surface area (Å²) in [6, 6.07) is 4.05. The highest BCUT2D eigenvalue weighted by Gasteiger charge is 2.25. The smallest absolute Gasteiger partial charge is 0.251 e. The lowest BCUT2D eigenvalue weighted by molar-refractivity contribution is -0.124. The van der Waals surface area contributed by atoms with Crippen LogP contribution in [-0.4, -0.2) is 50.8 Å². The van der Waals surface area contributed by atoms with Crippen molar-refractivity contribution in [1.82, 2.24) is 19.2 Å². The highest BCUT2D eigenvalue weighted by molar-refractivity contribution is 5.96. The van der Waals surface area contributed by atoms with Crippen LogP contribution in [0.25, 0.3) is 11.2 Å². The topological polar surface area (TPSA) is 40.8 Å². The summed E-state index contributed by atoms with van der Waals surface area (Å²) >= 11 is 0. The van der Waals surface area contributed by atoms with Crippen molar-refractivity contribution in [2.75, 3.05) is 19.6 Å². The number of imidazole rings is 1. The van der Waals surface area contributed by atoms with Crippen LogP contribution in [0.2, 0.25) is 0 Å². The average Bonchev–Trinajstić information content (AvgIpc) is 3.17. The number of aryl methyl sites for hydroxylation is 1. The number of hydrogen-bond acceptors (Lipinski definition) is 3. The Morgan fingerprint density at radius 2 is 2.06 bits per heavy atom. The van der Waals surface area contributed by atoms with Crippen LogP contribution in [0.3, 0.4) is 0 Å². The number of carbonyl (C=O) groups excluding carboxylic acids is 1. The zero-order valence-electron chi connectivity index (χ0n) is 19.2. The molecule has 2 aliphatic rings. The van der Waals surface area contributed by atoms with Gasteiger partial charge in [-0.05, 0) is 94.1 Å². The first-order chi connectivity index (χ1) is 15.4. The first-order valence-electron chi connectivity index (χ1n) is 11.3. The van der Waals surface area contributed by atoms with Gasteiger partial charge in [-0.25, -0.2) is 4.98 Å². The van der Waals surface area contributed by atoms with E-state index >= 15 is 0 Å². The Hall–Kier alpha value is -3.14.